The van der Waals surface area contributed by atoms with E-state index in [2.05, 4.69) is 15.2 Å². The molecular weight excluding hydrogens is 256 g/mol. The van der Waals surface area contributed by atoms with E-state index >= 15 is 0 Å². The summed E-state index contributed by atoms with van der Waals surface area (Å²) in [6.45, 7) is 1.85. The maximum Gasteiger partial charge on any atom is 0.258 e. The minimum Gasteiger partial charge on any atom is -0.481 e. The van der Waals surface area contributed by atoms with Gasteiger partial charge in [0.1, 0.15) is 12.1 Å². The van der Waals surface area contributed by atoms with E-state index in [-0.39, 0.29) is 0 Å². The lowest BCUT2D eigenvalue weighted by Crippen LogP contribution is -2.32. The normalized spacial score (nSPS) is 12.4. The smallest absolute Gasteiger partial charge is 0.258 e. The van der Waals surface area contributed by atoms with Gasteiger partial charge in [0.15, 0.2) is 11.9 Å². The largest absolute Gasteiger partial charge is 0.481 e. The van der Waals surface area contributed by atoms with Crippen molar-refractivity contribution in [3.8, 4) is 5.75 Å². The van der Waals surface area contributed by atoms with Crippen molar-refractivity contribution in [2.75, 3.05) is 0 Å². The van der Waals surface area contributed by atoms with Crippen molar-refractivity contribution in [3.05, 3.63) is 42.0 Å². The number of aromatic amines is 1. The summed E-state index contributed by atoms with van der Waals surface area (Å²) in [5, 5.41) is 6.56. The van der Waals surface area contributed by atoms with E-state index in [1.165, 1.54) is 6.33 Å². The van der Waals surface area contributed by atoms with Crippen molar-refractivity contribution >= 4 is 18.1 Å². The molecule has 104 valence electrons. The maximum atomic E-state index is 11.1. The summed E-state index contributed by atoms with van der Waals surface area (Å²) in [6.07, 6.45) is 5.15. The highest BCUT2D eigenvalue weighted by atomic mass is 16.5. The van der Waals surface area contributed by atoms with Gasteiger partial charge in [-0.05, 0) is 30.2 Å². The Bertz CT molecular complexity index is 576. The number of amides is 1. The number of ether oxygens (including phenoxy) is 1. The second kappa shape index (κ2) is 6.51. The number of H-pyrrole nitrogens is 1. The third-order valence-corrected chi connectivity index (χ3v) is 2.71. The summed E-state index contributed by atoms with van der Waals surface area (Å²) >= 11 is 0. The first-order valence-corrected chi connectivity index (χ1v) is 6.29. The topological polar surface area (TPSA) is 93.9 Å². The van der Waals surface area contributed by atoms with E-state index < -0.39 is 12.0 Å². The van der Waals surface area contributed by atoms with E-state index in [4.69, 9.17) is 10.5 Å². The molecule has 2 rings (SSSR count). The third-order valence-electron chi connectivity index (χ3n) is 2.71. The molecule has 20 heavy (non-hydrogen) atoms. The van der Waals surface area contributed by atoms with Gasteiger partial charge < -0.3 is 10.5 Å². The van der Waals surface area contributed by atoms with E-state index in [1.807, 2.05) is 25.1 Å². The molecule has 1 aromatic heterocycles. The molecule has 2 aromatic rings. The maximum absolute atomic E-state index is 11.1. The predicted molar refractivity (Wildman–Crippen MR) is 75.7 cm³/mol. The van der Waals surface area contributed by atoms with Gasteiger partial charge in [-0.25, -0.2) is 4.98 Å². The first-order valence-electron chi connectivity index (χ1n) is 6.29. The van der Waals surface area contributed by atoms with Crippen LogP contribution in [0.4, 0.5) is 0 Å². The van der Waals surface area contributed by atoms with E-state index in [1.54, 1.807) is 18.2 Å². The number of hydrogen-bond acceptors (Lipinski definition) is 4. The van der Waals surface area contributed by atoms with Gasteiger partial charge in [-0.15, -0.1) is 0 Å². The summed E-state index contributed by atoms with van der Waals surface area (Å²) in [4.78, 5) is 15.1. The molecule has 1 atom stereocenters. The Morgan fingerprint density at radius 2 is 2.15 bits per heavy atom. The highest BCUT2D eigenvalue weighted by Gasteiger charge is 2.13. The van der Waals surface area contributed by atoms with Crippen LogP contribution in [0.1, 0.15) is 24.7 Å². The molecular formula is C14H16N4O2. The number of hydrogen-bond donors (Lipinski definition) is 2. The zero-order valence-electron chi connectivity index (χ0n) is 11.1. The monoisotopic (exact) mass is 272 g/mol. The number of primary amides is 1. The van der Waals surface area contributed by atoms with Gasteiger partial charge >= 0.3 is 0 Å². The Kier molecular flexibility index (Phi) is 4.49. The second-order valence-corrected chi connectivity index (χ2v) is 4.18. The summed E-state index contributed by atoms with van der Waals surface area (Å²) in [5.41, 5.74) is 6.22. The quantitative estimate of drug-likeness (QED) is 0.835. The lowest BCUT2D eigenvalue weighted by atomic mass is 10.2. The lowest BCUT2D eigenvalue weighted by Gasteiger charge is -2.13. The average molecular weight is 272 g/mol. The zero-order valence-corrected chi connectivity index (χ0v) is 11.1. The Hall–Kier alpha value is -2.63. The summed E-state index contributed by atoms with van der Waals surface area (Å²) < 4.78 is 5.50. The standard InChI is InChI=1S/C14H16N4O2/c1-2-12(14(15)19)20-11-6-3-10(4-7-11)5-8-13-16-9-17-18-13/h3-9,12H,2H2,1H3,(H2,15,19)(H,16,17,18)/b8-5+. The highest BCUT2D eigenvalue weighted by molar-refractivity contribution is 5.79. The van der Waals surface area contributed by atoms with Crippen LogP contribution in [0.15, 0.2) is 30.6 Å². The van der Waals surface area contributed by atoms with Crippen molar-refractivity contribution in [1.82, 2.24) is 15.2 Å². The van der Waals surface area contributed by atoms with Gasteiger partial charge in [0.05, 0.1) is 0 Å². The number of carbonyl (C=O) groups is 1. The van der Waals surface area contributed by atoms with Gasteiger partial charge in [0, 0.05) is 0 Å². The number of aromatic nitrogens is 3. The fourth-order valence-electron chi connectivity index (χ4n) is 1.63. The van der Waals surface area contributed by atoms with E-state index in [0.717, 1.165) is 5.56 Å². The lowest BCUT2D eigenvalue weighted by molar-refractivity contribution is -0.124. The van der Waals surface area contributed by atoms with Crippen LogP contribution in [0.25, 0.3) is 12.2 Å². The molecule has 6 heteroatoms. The fourth-order valence-corrected chi connectivity index (χ4v) is 1.63. The second-order valence-electron chi connectivity index (χ2n) is 4.18. The first-order chi connectivity index (χ1) is 9.69. The SMILES string of the molecule is CCC(Oc1ccc(/C=C/c2nc[nH]n2)cc1)C(N)=O. The van der Waals surface area contributed by atoms with Crippen molar-refractivity contribution < 1.29 is 9.53 Å². The van der Waals surface area contributed by atoms with Crippen LogP contribution in [-0.2, 0) is 4.79 Å². The molecule has 0 saturated heterocycles. The molecule has 6 nitrogen and oxygen atoms in total. The predicted octanol–water partition coefficient (Wildman–Crippen LogP) is 1.62. The molecule has 0 saturated carbocycles. The summed E-state index contributed by atoms with van der Waals surface area (Å²) in [7, 11) is 0. The summed E-state index contributed by atoms with van der Waals surface area (Å²) in [5.74, 6) is 0.775. The van der Waals surface area contributed by atoms with Gasteiger partial charge in [0.2, 0.25) is 0 Å². The molecule has 1 unspecified atom stereocenters. The van der Waals surface area contributed by atoms with Crippen LogP contribution < -0.4 is 10.5 Å². The van der Waals surface area contributed by atoms with Gasteiger partial charge in [-0.2, -0.15) is 5.10 Å². The van der Waals surface area contributed by atoms with Crippen LogP contribution in [0, 0.1) is 0 Å². The number of nitrogens with one attached hydrogen (secondary N) is 1. The minimum atomic E-state index is -0.593. The molecule has 0 radical (unpaired) electrons. The molecule has 0 bridgehead atoms. The molecule has 0 aliphatic heterocycles. The molecule has 1 amide bonds. The molecule has 3 N–H and O–H groups in total. The Morgan fingerprint density at radius 3 is 2.70 bits per heavy atom. The molecule has 1 heterocycles. The van der Waals surface area contributed by atoms with Crippen LogP contribution in [0.2, 0.25) is 0 Å². The molecule has 0 aliphatic carbocycles. The van der Waals surface area contributed by atoms with Crippen molar-refractivity contribution in [2.24, 2.45) is 5.73 Å². The first kappa shape index (κ1) is 13.8. The van der Waals surface area contributed by atoms with Gasteiger partial charge in [-0.3, -0.25) is 9.89 Å². The summed E-state index contributed by atoms with van der Waals surface area (Å²) in [6, 6.07) is 7.35. The van der Waals surface area contributed by atoms with Gasteiger partial charge in [0.25, 0.3) is 5.91 Å². The minimum absolute atomic E-state index is 0.457. The van der Waals surface area contributed by atoms with Crippen LogP contribution >= 0.6 is 0 Å². The Balaban J connectivity index is 2.01. The van der Waals surface area contributed by atoms with Gasteiger partial charge in [-0.1, -0.05) is 25.1 Å². The van der Waals surface area contributed by atoms with Crippen LogP contribution in [0.3, 0.4) is 0 Å². The zero-order chi connectivity index (χ0) is 14.4. The number of rotatable bonds is 6. The highest BCUT2D eigenvalue weighted by Crippen LogP contribution is 2.16. The third kappa shape index (κ3) is 3.68. The number of nitrogens with two attached hydrogens (primary N) is 1. The number of carbonyl (C=O) groups excluding carboxylic acids is 1. The average Bonchev–Trinajstić information content (AvgIpc) is 2.96. The van der Waals surface area contributed by atoms with E-state index in [0.29, 0.717) is 18.0 Å². The van der Waals surface area contributed by atoms with Crippen LogP contribution in [-0.4, -0.2) is 27.2 Å². The van der Waals surface area contributed by atoms with E-state index in [9.17, 15) is 4.79 Å². The Labute approximate surface area is 116 Å². The molecule has 0 fully saturated rings. The van der Waals surface area contributed by atoms with Crippen molar-refractivity contribution in [3.63, 3.8) is 0 Å². The molecule has 1 aromatic carbocycles. The fraction of sp³-hybridized carbons (Fsp3) is 0.214. The number of nitrogens with zero attached hydrogens (tertiary/aromatic N) is 2. The molecule has 0 spiro atoms. The van der Waals surface area contributed by atoms with Crippen LogP contribution in [0.5, 0.6) is 5.75 Å². The molecule has 0 aliphatic rings. The van der Waals surface area contributed by atoms with Crippen molar-refractivity contribution in [2.45, 2.75) is 19.4 Å². The Morgan fingerprint density at radius 1 is 1.40 bits per heavy atom. The van der Waals surface area contributed by atoms with Crippen molar-refractivity contribution in [1.29, 1.82) is 0 Å². The number of benzene rings is 1.